The highest BCUT2D eigenvalue weighted by Gasteiger charge is 2.16. The van der Waals surface area contributed by atoms with E-state index in [4.69, 9.17) is 0 Å². The van der Waals surface area contributed by atoms with Crippen molar-refractivity contribution in [3.63, 3.8) is 0 Å². The van der Waals surface area contributed by atoms with Gasteiger partial charge in [-0.1, -0.05) is 0 Å². The van der Waals surface area contributed by atoms with Crippen molar-refractivity contribution in [3.8, 4) is 0 Å². The van der Waals surface area contributed by atoms with Crippen LogP contribution in [-0.4, -0.2) is 34.1 Å². The molecule has 0 saturated heterocycles. The van der Waals surface area contributed by atoms with E-state index >= 15 is 0 Å². The Balaban J connectivity index is 4.30. The van der Waals surface area contributed by atoms with Gasteiger partial charge in [0.1, 0.15) is 11.5 Å². The maximum Gasteiger partial charge on any atom is 0.216 e. The molecule has 0 amide bonds. The predicted octanol–water partition coefficient (Wildman–Crippen LogP) is -2.87. The van der Waals surface area contributed by atoms with Gasteiger partial charge in [-0.15, -0.1) is 0 Å². The van der Waals surface area contributed by atoms with E-state index in [-0.39, 0.29) is 0 Å². The van der Waals surface area contributed by atoms with Crippen molar-refractivity contribution in [3.05, 3.63) is 0 Å². The number of hydrogen-bond acceptors (Lipinski definition) is 5. The molecule has 0 aliphatic heterocycles. The molecule has 0 atom stereocenters. The lowest BCUT2D eigenvalue weighted by Gasteiger charge is -1.95. The number of hydrogen-bond donors (Lipinski definition) is 2. The van der Waals surface area contributed by atoms with Crippen LogP contribution >= 0.6 is 0 Å². The Kier molecular flexibility index (Phi) is 3.33. The average Bonchev–Trinajstić information content (AvgIpc) is 1.49. The number of nitrogens with two attached hydrogens (primary N) is 2. The third-order valence-corrected chi connectivity index (χ3v) is 2.17. The van der Waals surface area contributed by atoms with Crippen molar-refractivity contribution in [2.75, 3.05) is 11.5 Å². The maximum atomic E-state index is 10.6. The van der Waals surface area contributed by atoms with Crippen molar-refractivity contribution in [2.24, 2.45) is 10.3 Å². The van der Waals surface area contributed by atoms with Crippen molar-refractivity contribution in [1.82, 2.24) is 0 Å². The van der Waals surface area contributed by atoms with Crippen molar-refractivity contribution >= 4 is 25.8 Å². The predicted molar refractivity (Wildman–Crippen MR) is 41.0 cm³/mol. The molecule has 9 heteroatoms. The second kappa shape index (κ2) is 3.47. The highest BCUT2D eigenvalue weighted by atomic mass is 32.2. The Morgan fingerprint density at radius 3 is 1.33 bits per heavy atom. The molecular formula is C3H8N2O5S2. The standard InChI is InChI=1S/C3H8N2O5S2/c4-11(7,8)1-3(6)2-12(5,9)10/h1-2H2,(H2,4,7,8)(H2,5,9,10). The van der Waals surface area contributed by atoms with E-state index in [1.165, 1.54) is 0 Å². The summed E-state index contributed by atoms with van der Waals surface area (Å²) in [5.74, 6) is -3.06. The SMILES string of the molecule is NS(=O)(=O)CC(=O)CS(N)(=O)=O. The fraction of sp³-hybridized carbons (Fsp3) is 0.667. The minimum atomic E-state index is -3.97. The van der Waals surface area contributed by atoms with E-state index in [1.807, 2.05) is 0 Å². The fourth-order valence-corrected chi connectivity index (χ4v) is 1.72. The Bertz CT molecular complexity index is 329. The zero-order valence-electron chi connectivity index (χ0n) is 5.93. The summed E-state index contributed by atoms with van der Waals surface area (Å²) in [6.45, 7) is 0. The summed E-state index contributed by atoms with van der Waals surface area (Å²) >= 11 is 0. The minimum absolute atomic E-state index is 1.01. The van der Waals surface area contributed by atoms with Gasteiger partial charge in [0.15, 0.2) is 5.78 Å². The molecule has 0 aliphatic rings. The molecule has 0 aromatic carbocycles. The van der Waals surface area contributed by atoms with Crippen LogP contribution < -0.4 is 10.3 Å². The molecule has 0 heterocycles. The Morgan fingerprint density at radius 2 is 1.17 bits per heavy atom. The summed E-state index contributed by atoms with van der Waals surface area (Å²) in [4.78, 5) is 10.6. The second-order valence-corrected chi connectivity index (χ2v) is 5.38. The third kappa shape index (κ3) is 7.60. The Morgan fingerprint density at radius 1 is 0.917 bits per heavy atom. The number of ketones is 1. The second-order valence-electron chi connectivity index (χ2n) is 2.15. The number of rotatable bonds is 4. The van der Waals surface area contributed by atoms with E-state index in [2.05, 4.69) is 10.3 Å². The summed E-state index contributed by atoms with van der Waals surface area (Å²) in [6.07, 6.45) is 0. The van der Waals surface area contributed by atoms with Crippen LogP contribution in [0.4, 0.5) is 0 Å². The molecule has 0 aromatic heterocycles. The number of carbonyl (C=O) groups is 1. The lowest BCUT2D eigenvalue weighted by atomic mass is 10.5. The molecule has 7 nitrogen and oxygen atoms in total. The third-order valence-electron chi connectivity index (χ3n) is 0.724. The molecule has 72 valence electrons. The molecule has 0 bridgehead atoms. The molecule has 12 heavy (non-hydrogen) atoms. The Labute approximate surface area is 69.8 Å². The van der Waals surface area contributed by atoms with Crippen molar-refractivity contribution < 1.29 is 21.6 Å². The molecule has 0 saturated carbocycles. The van der Waals surface area contributed by atoms with Gasteiger partial charge in [-0.05, 0) is 0 Å². The molecule has 0 spiro atoms. The highest BCUT2D eigenvalue weighted by Crippen LogP contribution is 1.84. The fourth-order valence-electron chi connectivity index (χ4n) is 0.490. The van der Waals surface area contributed by atoms with Gasteiger partial charge in [0.05, 0.1) is 0 Å². The summed E-state index contributed by atoms with van der Waals surface area (Å²) in [5.41, 5.74) is 0. The molecule has 0 unspecified atom stereocenters. The molecule has 0 radical (unpaired) electrons. The lowest BCUT2D eigenvalue weighted by Crippen LogP contribution is -2.30. The van der Waals surface area contributed by atoms with Crippen LogP contribution in [0.1, 0.15) is 0 Å². The van der Waals surface area contributed by atoms with E-state index in [1.54, 1.807) is 0 Å². The molecule has 0 rings (SSSR count). The van der Waals surface area contributed by atoms with Gasteiger partial charge in [0.2, 0.25) is 20.0 Å². The van der Waals surface area contributed by atoms with Crippen LogP contribution in [-0.2, 0) is 24.8 Å². The van der Waals surface area contributed by atoms with Gasteiger partial charge < -0.3 is 0 Å². The lowest BCUT2D eigenvalue weighted by molar-refractivity contribution is -0.114. The molecule has 0 aromatic rings. The largest absolute Gasteiger partial charge is 0.297 e. The van der Waals surface area contributed by atoms with Crippen LogP contribution in [0.2, 0.25) is 0 Å². The summed E-state index contributed by atoms with van der Waals surface area (Å²) in [6, 6.07) is 0. The molecule has 0 aliphatic carbocycles. The van der Waals surface area contributed by atoms with Gasteiger partial charge in [0, 0.05) is 0 Å². The topological polar surface area (TPSA) is 137 Å². The van der Waals surface area contributed by atoms with Crippen molar-refractivity contribution in [2.45, 2.75) is 0 Å². The average molecular weight is 216 g/mol. The van der Waals surface area contributed by atoms with Crippen LogP contribution in [0.15, 0.2) is 0 Å². The van der Waals surface area contributed by atoms with E-state index in [0.717, 1.165) is 0 Å². The minimum Gasteiger partial charge on any atom is -0.297 e. The Hall–Kier alpha value is -0.510. The summed E-state index contributed by atoms with van der Waals surface area (Å²) in [7, 11) is -7.93. The quantitative estimate of drug-likeness (QED) is 0.520. The van der Waals surface area contributed by atoms with Gasteiger partial charge in [-0.25, -0.2) is 27.1 Å². The number of carbonyl (C=O) groups excluding carboxylic acids is 1. The zero-order valence-corrected chi connectivity index (χ0v) is 7.56. The first-order valence-electron chi connectivity index (χ1n) is 2.63. The summed E-state index contributed by atoms with van der Waals surface area (Å²) < 4.78 is 41.0. The van der Waals surface area contributed by atoms with E-state index in [0.29, 0.717) is 0 Å². The van der Waals surface area contributed by atoms with Gasteiger partial charge in [-0.3, -0.25) is 4.79 Å². The smallest absolute Gasteiger partial charge is 0.216 e. The number of primary sulfonamides is 2. The van der Waals surface area contributed by atoms with Crippen LogP contribution in [0.3, 0.4) is 0 Å². The number of sulfonamides is 2. The molecular weight excluding hydrogens is 208 g/mol. The summed E-state index contributed by atoms with van der Waals surface area (Å²) in [5, 5.41) is 8.94. The molecule has 4 N–H and O–H groups in total. The maximum absolute atomic E-state index is 10.6. The number of Topliss-reactive ketones (excluding diaryl/α,β-unsaturated/α-hetero) is 1. The van der Waals surface area contributed by atoms with Crippen LogP contribution in [0, 0.1) is 0 Å². The van der Waals surface area contributed by atoms with E-state index in [9.17, 15) is 21.6 Å². The zero-order chi connectivity index (χ0) is 9.99. The normalized spacial score (nSPS) is 12.8. The van der Waals surface area contributed by atoms with Gasteiger partial charge in [0.25, 0.3) is 0 Å². The van der Waals surface area contributed by atoms with Crippen molar-refractivity contribution in [1.29, 1.82) is 0 Å². The van der Waals surface area contributed by atoms with E-state index < -0.39 is 37.3 Å². The first-order chi connectivity index (χ1) is 5.10. The first kappa shape index (κ1) is 11.5. The highest BCUT2D eigenvalue weighted by molar-refractivity contribution is 7.91. The first-order valence-corrected chi connectivity index (χ1v) is 6.06. The molecule has 0 fully saturated rings. The van der Waals surface area contributed by atoms with Gasteiger partial charge in [-0.2, -0.15) is 0 Å². The monoisotopic (exact) mass is 216 g/mol. The van der Waals surface area contributed by atoms with Crippen LogP contribution in [0.25, 0.3) is 0 Å². The van der Waals surface area contributed by atoms with Crippen LogP contribution in [0.5, 0.6) is 0 Å². The van der Waals surface area contributed by atoms with Gasteiger partial charge >= 0.3 is 0 Å².